The molecule has 1 aromatic carbocycles. The fourth-order valence-corrected chi connectivity index (χ4v) is 4.83. The summed E-state index contributed by atoms with van der Waals surface area (Å²) < 4.78 is 17.3. The van der Waals surface area contributed by atoms with Crippen molar-refractivity contribution in [1.29, 1.82) is 0 Å². The number of nitrogens with one attached hydrogen (secondary N) is 2. The van der Waals surface area contributed by atoms with E-state index in [1.165, 1.54) is 24.2 Å². The Bertz CT molecular complexity index is 983. The molecule has 3 rings (SSSR count). The number of carbonyl (C=O) groups excluding carboxylic acids is 2. The minimum Gasteiger partial charge on any atom is -0.493 e. The summed E-state index contributed by atoms with van der Waals surface area (Å²) in [6.07, 6.45) is 1.86. The predicted molar refractivity (Wildman–Crippen MR) is 134 cm³/mol. The smallest absolute Gasteiger partial charge is 0.412 e. The summed E-state index contributed by atoms with van der Waals surface area (Å²) >= 11 is 4.59. The molecule has 1 saturated heterocycles. The molecule has 0 spiro atoms. The molecule has 2 N–H and O–H groups in total. The lowest BCUT2D eigenvalue weighted by Gasteiger charge is -2.19. The van der Waals surface area contributed by atoms with Crippen LogP contribution in [0, 0.1) is 0 Å². The molecule has 0 saturated carbocycles. The van der Waals surface area contributed by atoms with Crippen molar-refractivity contribution in [2.75, 3.05) is 44.0 Å². The van der Waals surface area contributed by atoms with Crippen molar-refractivity contribution < 1.29 is 23.8 Å². The summed E-state index contributed by atoms with van der Waals surface area (Å²) in [4.78, 5) is 27.8. The summed E-state index contributed by atoms with van der Waals surface area (Å²) in [7, 11) is 1.56. The molecule has 2 heterocycles. The first-order valence-electron chi connectivity index (χ1n) is 10.8. The number of nitrogens with zero attached hydrogens (tertiary/aromatic N) is 1. The van der Waals surface area contributed by atoms with E-state index in [4.69, 9.17) is 14.2 Å². The minimum absolute atomic E-state index is 0.345. The molecule has 0 atom stereocenters. The second-order valence-corrected chi connectivity index (χ2v) is 11.1. The predicted octanol–water partition coefficient (Wildman–Crippen LogP) is 5.59. The molecule has 0 aliphatic carbocycles. The Balaban J connectivity index is 1.64. The van der Waals surface area contributed by atoms with E-state index in [1.54, 1.807) is 52.1 Å². The highest BCUT2D eigenvalue weighted by molar-refractivity contribution is 9.11. The SMILES string of the molecule is COc1cc(NC(=O)c2sc(Br)cc2NC(=O)OC(C)(C)C)ccc1OCCN1CCCC1. The van der Waals surface area contributed by atoms with Gasteiger partial charge in [-0.1, -0.05) is 0 Å². The van der Waals surface area contributed by atoms with Crippen LogP contribution in [-0.2, 0) is 4.74 Å². The van der Waals surface area contributed by atoms with Gasteiger partial charge in [0, 0.05) is 18.3 Å². The van der Waals surface area contributed by atoms with Crippen molar-refractivity contribution in [3.05, 3.63) is 32.9 Å². The third-order valence-electron chi connectivity index (χ3n) is 4.83. The maximum atomic E-state index is 12.9. The van der Waals surface area contributed by atoms with Gasteiger partial charge in [0.2, 0.25) is 0 Å². The van der Waals surface area contributed by atoms with E-state index in [0.717, 1.165) is 19.6 Å². The van der Waals surface area contributed by atoms with Crippen LogP contribution in [0.3, 0.4) is 0 Å². The Morgan fingerprint density at radius 3 is 2.52 bits per heavy atom. The molecule has 0 unspecified atom stereocenters. The Morgan fingerprint density at radius 1 is 1.12 bits per heavy atom. The molecule has 33 heavy (non-hydrogen) atoms. The van der Waals surface area contributed by atoms with E-state index in [9.17, 15) is 9.59 Å². The van der Waals surface area contributed by atoms with E-state index >= 15 is 0 Å². The lowest BCUT2D eigenvalue weighted by molar-refractivity contribution is 0.0636. The van der Waals surface area contributed by atoms with E-state index in [-0.39, 0.29) is 5.91 Å². The summed E-state index contributed by atoms with van der Waals surface area (Å²) in [5.74, 6) is 0.802. The molecule has 1 fully saturated rings. The first kappa shape index (κ1) is 25.3. The van der Waals surface area contributed by atoms with Gasteiger partial charge in [-0.25, -0.2) is 4.79 Å². The molecule has 0 bridgehead atoms. The maximum absolute atomic E-state index is 12.9. The number of hydrogen-bond acceptors (Lipinski definition) is 7. The second-order valence-electron chi connectivity index (χ2n) is 8.64. The molecular weight excluding hydrogens is 510 g/mol. The molecular formula is C23H30BrN3O5S. The minimum atomic E-state index is -0.644. The van der Waals surface area contributed by atoms with Gasteiger partial charge >= 0.3 is 6.09 Å². The van der Waals surface area contributed by atoms with Crippen molar-refractivity contribution in [3.63, 3.8) is 0 Å². The van der Waals surface area contributed by atoms with Gasteiger partial charge in [0.25, 0.3) is 5.91 Å². The average Bonchev–Trinajstić information content (AvgIpc) is 3.37. The van der Waals surface area contributed by atoms with Crippen LogP contribution in [0.25, 0.3) is 0 Å². The highest BCUT2D eigenvalue weighted by Crippen LogP contribution is 2.34. The normalized spacial score (nSPS) is 14.1. The van der Waals surface area contributed by atoms with Gasteiger partial charge in [-0.05, 0) is 80.8 Å². The van der Waals surface area contributed by atoms with Gasteiger partial charge in [-0.2, -0.15) is 0 Å². The number of likely N-dealkylation sites (tertiary alicyclic amines) is 1. The fourth-order valence-electron chi connectivity index (χ4n) is 3.38. The number of anilines is 2. The van der Waals surface area contributed by atoms with E-state index < -0.39 is 11.7 Å². The Labute approximate surface area is 206 Å². The van der Waals surface area contributed by atoms with Crippen molar-refractivity contribution in [3.8, 4) is 11.5 Å². The quantitative estimate of drug-likeness (QED) is 0.454. The average molecular weight is 540 g/mol. The molecule has 1 aliphatic rings. The van der Waals surface area contributed by atoms with E-state index in [2.05, 4.69) is 31.5 Å². The van der Waals surface area contributed by atoms with Crippen LogP contribution in [0.1, 0.15) is 43.3 Å². The Hall–Kier alpha value is -2.30. The highest BCUT2D eigenvalue weighted by Gasteiger charge is 2.22. The summed E-state index contributed by atoms with van der Waals surface area (Å²) in [5, 5.41) is 5.49. The molecule has 1 aromatic heterocycles. The maximum Gasteiger partial charge on any atom is 0.412 e. The van der Waals surface area contributed by atoms with Gasteiger partial charge in [-0.3, -0.25) is 15.0 Å². The first-order chi connectivity index (χ1) is 15.6. The largest absolute Gasteiger partial charge is 0.493 e. The third kappa shape index (κ3) is 7.62. The third-order valence-corrected chi connectivity index (χ3v) is 6.47. The number of halogens is 1. The van der Waals surface area contributed by atoms with Crippen LogP contribution in [0.15, 0.2) is 28.1 Å². The van der Waals surface area contributed by atoms with Gasteiger partial charge in [0.1, 0.15) is 17.1 Å². The summed E-state index contributed by atoms with van der Waals surface area (Å²) in [6.45, 7) is 9.02. The van der Waals surface area contributed by atoms with Gasteiger partial charge < -0.3 is 19.5 Å². The molecule has 8 nitrogen and oxygen atoms in total. The number of rotatable bonds is 8. The fraction of sp³-hybridized carbons (Fsp3) is 0.478. The molecule has 2 aromatic rings. The van der Waals surface area contributed by atoms with E-state index in [1.807, 2.05) is 0 Å². The first-order valence-corrected chi connectivity index (χ1v) is 12.4. The van der Waals surface area contributed by atoms with Crippen molar-refractivity contribution in [2.24, 2.45) is 0 Å². The number of ether oxygens (including phenoxy) is 3. The van der Waals surface area contributed by atoms with Crippen LogP contribution in [-0.4, -0.2) is 55.9 Å². The van der Waals surface area contributed by atoms with Crippen LogP contribution >= 0.6 is 27.3 Å². The van der Waals surface area contributed by atoms with Crippen molar-refractivity contribution in [2.45, 2.75) is 39.2 Å². The number of methoxy groups -OCH3 is 1. The zero-order valence-corrected chi connectivity index (χ0v) is 21.7. The van der Waals surface area contributed by atoms with Crippen LogP contribution in [0.4, 0.5) is 16.2 Å². The van der Waals surface area contributed by atoms with Crippen LogP contribution in [0.2, 0.25) is 0 Å². The molecule has 2 amide bonds. The molecule has 10 heteroatoms. The Kier molecular flexibility index (Phi) is 8.61. The highest BCUT2D eigenvalue weighted by atomic mass is 79.9. The van der Waals surface area contributed by atoms with Crippen LogP contribution in [0.5, 0.6) is 11.5 Å². The van der Waals surface area contributed by atoms with Crippen LogP contribution < -0.4 is 20.1 Å². The molecule has 180 valence electrons. The number of carbonyl (C=O) groups is 2. The summed E-state index contributed by atoms with van der Waals surface area (Å²) in [5.41, 5.74) is 0.276. The number of benzene rings is 1. The summed E-state index contributed by atoms with van der Waals surface area (Å²) in [6, 6.07) is 6.92. The lowest BCUT2D eigenvalue weighted by Crippen LogP contribution is -2.27. The van der Waals surface area contributed by atoms with Crippen molar-refractivity contribution >= 4 is 50.6 Å². The van der Waals surface area contributed by atoms with E-state index in [0.29, 0.717) is 38.1 Å². The van der Waals surface area contributed by atoms with Gasteiger partial charge in [-0.15, -0.1) is 11.3 Å². The number of amides is 2. The standard InChI is InChI=1S/C23H30BrN3O5S/c1-23(2,3)32-22(29)26-16-14-19(24)33-20(16)21(28)25-15-7-8-17(18(13-15)30-4)31-12-11-27-9-5-6-10-27/h7-8,13-14H,5-6,9-12H2,1-4H3,(H,25,28)(H,26,29). The zero-order valence-electron chi connectivity index (χ0n) is 19.3. The second kappa shape index (κ2) is 11.2. The lowest BCUT2D eigenvalue weighted by atomic mass is 10.2. The Morgan fingerprint density at radius 2 is 1.85 bits per heavy atom. The monoisotopic (exact) mass is 539 g/mol. The van der Waals surface area contributed by atoms with Gasteiger partial charge in [0.15, 0.2) is 11.5 Å². The number of thiophene rings is 1. The zero-order chi connectivity index (χ0) is 24.0. The van der Waals surface area contributed by atoms with Gasteiger partial charge in [0.05, 0.1) is 16.6 Å². The molecule has 0 radical (unpaired) electrons. The topological polar surface area (TPSA) is 89.1 Å². The molecule has 1 aliphatic heterocycles. The van der Waals surface area contributed by atoms with Crippen molar-refractivity contribution in [1.82, 2.24) is 4.90 Å². The number of hydrogen-bond donors (Lipinski definition) is 2.